The second-order valence-corrected chi connectivity index (χ2v) is 7.20. The Balaban J connectivity index is 2.14. The van der Waals surface area contributed by atoms with Crippen molar-refractivity contribution in [1.82, 2.24) is 0 Å². The summed E-state index contributed by atoms with van der Waals surface area (Å²) in [6, 6.07) is 17.7. The van der Waals surface area contributed by atoms with Crippen molar-refractivity contribution in [2.45, 2.75) is 19.4 Å². The number of fused-ring (bicyclic) bond motifs is 2. The van der Waals surface area contributed by atoms with E-state index < -0.39 is 0 Å². The van der Waals surface area contributed by atoms with Crippen molar-refractivity contribution in [3.8, 4) is 0 Å². The fourth-order valence-corrected chi connectivity index (χ4v) is 4.66. The standard InChI is InChI=1S/C17H17NSe/c1-12(18)10-11-13-14-6-2-4-8-16(14)19-17-9-5-3-7-15(13)17/h2-9,11-12H,10,18H2,1H3. The van der Waals surface area contributed by atoms with Crippen LogP contribution in [0.5, 0.6) is 0 Å². The summed E-state index contributed by atoms with van der Waals surface area (Å²) >= 11 is 0.416. The van der Waals surface area contributed by atoms with Crippen LogP contribution in [0.15, 0.2) is 54.6 Å². The van der Waals surface area contributed by atoms with Crippen LogP contribution in [0.1, 0.15) is 24.5 Å². The first kappa shape index (κ1) is 12.7. The maximum absolute atomic E-state index is 5.91. The quantitative estimate of drug-likeness (QED) is 0.718. The summed E-state index contributed by atoms with van der Waals surface area (Å²) in [6.07, 6.45) is 3.22. The van der Waals surface area contributed by atoms with E-state index in [0.717, 1.165) is 6.42 Å². The first-order chi connectivity index (χ1) is 9.25. The van der Waals surface area contributed by atoms with Gasteiger partial charge in [0.05, 0.1) is 0 Å². The van der Waals surface area contributed by atoms with Crippen LogP contribution >= 0.6 is 0 Å². The van der Waals surface area contributed by atoms with Gasteiger partial charge in [0.25, 0.3) is 0 Å². The molecule has 0 saturated carbocycles. The molecule has 0 spiro atoms. The molecule has 0 saturated heterocycles. The average Bonchev–Trinajstić information content (AvgIpc) is 2.43. The van der Waals surface area contributed by atoms with Gasteiger partial charge < -0.3 is 0 Å². The van der Waals surface area contributed by atoms with Gasteiger partial charge in [-0.05, 0) is 0 Å². The van der Waals surface area contributed by atoms with Gasteiger partial charge in [0.2, 0.25) is 0 Å². The van der Waals surface area contributed by atoms with Crippen LogP contribution in [0, 0.1) is 0 Å². The third-order valence-corrected chi connectivity index (χ3v) is 5.68. The van der Waals surface area contributed by atoms with Gasteiger partial charge in [-0.3, -0.25) is 0 Å². The molecule has 0 amide bonds. The van der Waals surface area contributed by atoms with E-state index in [0.29, 0.717) is 15.0 Å². The van der Waals surface area contributed by atoms with Crippen molar-refractivity contribution in [3.63, 3.8) is 0 Å². The van der Waals surface area contributed by atoms with Crippen molar-refractivity contribution >= 4 is 29.5 Å². The molecule has 2 N–H and O–H groups in total. The Morgan fingerprint density at radius 2 is 1.53 bits per heavy atom. The number of hydrogen-bond acceptors (Lipinski definition) is 1. The number of hydrogen-bond donors (Lipinski definition) is 1. The molecule has 96 valence electrons. The maximum atomic E-state index is 5.91. The zero-order valence-electron chi connectivity index (χ0n) is 11.0. The van der Waals surface area contributed by atoms with Crippen LogP contribution in [0.3, 0.4) is 0 Å². The Hall–Kier alpha value is -1.34. The van der Waals surface area contributed by atoms with Gasteiger partial charge in [-0.25, -0.2) is 0 Å². The molecule has 1 aliphatic heterocycles. The zero-order valence-corrected chi connectivity index (χ0v) is 12.7. The summed E-state index contributed by atoms with van der Waals surface area (Å²) in [6.45, 7) is 2.06. The Morgan fingerprint density at radius 1 is 1.00 bits per heavy atom. The molecule has 0 bridgehead atoms. The number of benzene rings is 2. The first-order valence-electron chi connectivity index (χ1n) is 6.58. The molecular formula is C17H17NSe. The Morgan fingerprint density at radius 3 is 2.05 bits per heavy atom. The molecule has 1 heterocycles. The predicted octanol–water partition coefficient (Wildman–Crippen LogP) is 1.82. The predicted molar refractivity (Wildman–Crippen MR) is 83.3 cm³/mol. The van der Waals surface area contributed by atoms with Crippen molar-refractivity contribution in [3.05, 3.63) is 65.7 Å². The summed E-state index contributed by atoms with van der Waals surface area (Å²) < 4.78 is 2.95. The van der Waals surface area contributed by atoms with Crippen molar-refractivity contribution < 1.29 is 0 Å². The van der Waals surface area contributed by atoms with Crippen molar-refractivity contribution in [2.75, 3.05) is 0 Å². The summed E-state index contributed by atoms with van der Waals surface area (Å²) in [7, 11) is 0. The third-order valence-electron chi connectivity index (χ3n) is 3.27. The molecule has 0 fully saturated rings. The zero-order chi connectivity index (χ0) is 13.2. The first-order valence-corrected chi connectivity index (χ1v) is 8.29. The van der Waals surface area contributed by atoms with Gasteiger partial charge >= 0.3 is 120 Å². The molecule has 2 aromatic rings. The van der Waals surface area contributed by atoms with E-state index in [2.05, 4.69) is 61.5 Å². The Kier molecular flexibility index (Phi) is 3.56. The summed E-state index contributed by atoms with van der Waals surface area (Å²) in [4.78, 5) is 0. The van der Waals surface area contributed by atoms with E-state index in [1.54, 1.807) is 0 Å². The molecule has 19 heavy (non-hydrogen) atoms. The van der Waals surface area contributed by atoms with Crippen molar-refractivity contribution in [1.29, 1.82) is 0 Å². The van der Waals surface area contributed by atoms with Gasteiger partial charge in [0.1, 0.15) is 0 Å². The Bertz CT molecular complexity index is 581. The molecule has 0 aromatic heterocycles. The summed E-state index contributed by atoms with van der Waals surface area (Å²) in [5.74, 6) is 0. The van der Waals surface area contributed by atoms with Crippen molar-refractivity contribution in [2.24, 2.45) is 5.73 Å². The second kappa shape index (κ2) is 5.34. The van der Waals surface area contributed by atoms with E-state index in [1.807, 2.05) is 0 Å². The van der Waals surface area contributed by atoms with Crippen LogP contribution in [0.2, 0.25) is 0 Å². The van der Waals surface area contributed by atoms with Crippen LogP contribution in [0.4, 0.5) is 0 Å². The van der Waals surface area contributed by atoms with Gasteiger partial charge in [-0.15, -0.1) is 0 Å². The normalized spacial score (nSPS) is 14.5. The monoisotopic (exact) mass is 315 g/mol. The van der Waals surface area contributed by atoms with Crippen LogP contribution in [0.25, 0.3) is 5.57 Å². The summed E-state index contributed by atoms with van der Waals surface area (Å²) in [5, 5.41) is 0. The van der Waals surface area contributed by atoms with Gasteiger partial charge in [0, 0.05) is 0 Å². The summed E-state index contributed by atoms with van der Waals surface area (Å²) in [5.41, 5.74) is 10.0. The topological polar surface area (TPSA) is 26.0 Å². The molecule has 1 atom stereocenters. The van der Waals surface area contributed by atoms with E-state index in [9.17, 15) is 0 Å². The Labute approximate surface area is 120 Å². The van der Waals surface area contributed by atoms with Gasteiger partial charge in [0.15, 0.2) is 0 Å². The van der Waals surface area contributed by atoms with Crippen LogP contribution in [-0.2, 0) is 0 Å². The molecule has 2 heteroatoms. The third kappa shape index (κ3) is 2.52. The molecule has 1 unspecified atom stereocenters. The molecule has 2 aromatic carbocycles. The van der Waals surface area contributed by atoms with Gasteiger partial charge in [-0.1, -0.05) is 0 Å². The van der Waals surface area contributed by atoms with E-state index in [4.69, 9.17) is 5.73 Å². The SMILES string of the molecule is CC(N)CC=C1c2ccccc2[Se]c2ccccc21. The number of nitrogens with two attached hydrogens (primary N) is 1. The molecule has 0 aliphatic carbocycles. The minimum atomic E-state index is 0.208. The minimum absolute atomic E-state index is 0.208. The average molecular weight is 314 g/mol. The fourth-order valence-electron chi connectivity index (χ4n) is 2.34. The molecular weight excluding hydrogens is 297 g/mol. The fraction of sp³-hybridized carbons (Fsp3) is 0.176. The molecule has 1 nitrogen and oxygen atoms in total. The van der Waals surface area contributed by atoms with Crippen LogP contribution in [-0.4, -0.2) is 21.0 Å². The van der Waals surface area contributed by atoms with Crippen LogP contribution < -0.4 is 14.7 Å². The van der Waals surface area contributed by atoms with E-state index >= 15 is 0 Å². The second-order valence-electron chi connectivity index (χ2n) is 4.93. The number of rotatable bonds is 2. The van der Waals surface area contributed by atoms with Gasteiger partial charge in [-0.2, -0.15) is 0 Å². The molecule has 3 rings (SSSR count). The van der Waals surface area contributed by atoms with E-state index in [1.165, 1.54) is 25.6 Å². The van der Waals surface area contributed by atoms with E-state index in [-0.39, 0.29) is 6.04 Å². The molecule has 0 radical (unpaired) electrons. The molecule has 1 aliphatic rings.